The molecular formula is C11H19N3O. The summed E-state index contributed by atoms with van der Waals surface area (Å²) < 4.78 is 5.10. The summed E-state index contributed by atoms with van der Waals surface area (Å²) in [6.07, 6.45) is 1.28. The highest BCUT2D eigenvalue weighted by molar-refractivity contribution is 5.05. The Morgan fingerprint density at radius 1 is 1.60 bits per heavy atom. The Morgan fingerprint density at radius 2 is 2.40 bits per heavy atom. The van der Waals surface area contributed by atoms with Gasteiger partial charge in [-0.1, -0.05) is 0 Å². The van der Waals surface area contributed by atoms with Gasteiger partial charge < -0.3 is 15.0 Å². The largest absolute Gasteiger partial charge is 0.378 e. The van der Waals surface area contributed by atoms with Gasteiger partial charge in [-0.15, -0.1) is 0 Å². The number of ether oxygens (including phenoxy) is 1. The van der Waals surface area contributed by atoms with Crippen LogP contribution < -0.4 is 5.32 Å². The summed E-state index contributed by atoms with van der Waals surface area (Å²) in [4.78, 5) is 2.36. The normalized spacial score (nSPS) is 29.7. The average Bonchev–Trinajstić information content (AvgIpc) is 2.56. The van der Waals surface area contributed by atoms with E-state index in [-0.39, 0.29) is 5.41 Å². The number of nitrogens with one attached hydrogen (secondary N) is 1. The second-order valence-electron chi connectivity index (χ2n) is 4.93. The molecule has 1 N–H and O–H groups in total. The van der Waals surface area contributed by atoms with Crippen LogP contribution in [0.1, 0.15) is 6.42 Å². The van der Waals surface area contributed by atoms with Gasteiger partial charge >= 0.3 is 0 Å². The van der Waals surface area contributed by atoms with Gasteiger partial charge in [-0.3, -0.25) is 0 Å². The van der Waals surface area contributed by atoms with E-state index in [0.29, 0.717) is 13.2 Å². The van der Waals surface area contributed by atoms with Crippen molar-refractivity contribution in [3.05, 3.63) is 0 Å². The fourth-order valence-electron chi connectivity index (χ4n) is 2.26. The summed E-state index contributed by atoms with van der Waals surface area (Å²) >= 11 is 0. The molecule has 0 aromatic rings. The van der Waals surface area contributed by atoms with Crippen molar-refractivity contribution in [3.63, 3.8) is 0 Å². The SMILES string of the molecule is CN1CCC(CNCC2(C#N)COC2)C1. The van der Waals surface area contributed by atoms with E-state index < -0.39 is 0 Å². The van der Waals surface area contributed by atoms with Gasteiger partial charge in [-0.25, -0.2) is 0 Å². The van der Waals surface area contributed by atoms with Gasteiger partial charge in [0, 0.05) is 13.1 Å². The molecule has 1 unspecified atom stereocenters. The lowest BCUT2D eigenvalue weighted by molar-refractivity contribution is -0.0756. The van der Waals surface area contributed by atoms with Crippen molar-refractivity contribution in [3.8, 4) is 6.07 Å². The minimum Gasteiger partial charge on any atom is -0.378 e. The number of hydrogen-bond donors (Lipinski definition) is 1. The van der Waals surface area contributed by atoms with Gasteiger partial charge in [0.1, 0.15) is 5.41 Å². The van der Waals surface area contributed by atoms with Crippen molar-refractivity contribution < 1.29 is 4.74 Å². The van der Waals surface area contributed by atoms with Crippen LogP contribution in [0.25, 0.3) is 0 Å². The highest BCUT2D eigenvalue weighted by Crippen LogP contribution is 2.25. The summed E-state index contributed by atoms with van der Waals surface area (Å²) in [5.74, 6) is 0.756. The molecule has 4 heteroatoms. The van der Waals surface area contributed by atoms with Gasteiger partial charge in [0.05, 0.1) is 19.3 Å². The summed E-state index contributed by atoms with van der Waals surface area (Å²) in [6.45, 7) is 5.40. The highest BCUT2D eigenvalue weighted by Gasteiger charge is 2.38. The third-order valence-corrected chi connectivity index (χ3v) is 3.38. The molecule has 4 nitrogen and oxygen atoms in total. The highest BCUT2D eigenvalue weighted by atomic mass is 16.5. The molecule has 2 heterocycles. The van der Waals surface area contributed by atoms with E-state index >= 15 is 0 Å². The molecule has 2 aliphatic rings. The molecule has 0 saturated carbocycles. The Morgan fingerprint density at radius 3 is 2.87 bits per heavy atom. The fraction of sp³-hybridized carbons (Fsp3) is 0.909. The van der Waals surface area contributed by atoms with Crippen LogP contribution in [0.3, 0.4) is 0 Å². The second kappa shape index (κ2) is 4.48. The quantitative estimate of drug-likeness (QED) is 0.711. The first-order chi connectivity index (χ1) is 7.24. The second-order valence-corrected chi connectivity index (χ2v) is 4.93. The van der Waals surface area contributed by atoms with E-state index in [1.54, 1.807) is 0 Å². The third kappa shape index (κ3) is 2.49. The number of hydrogen-bond acceptors (Lipinski definition) is 4. The fourth-order valence-corrected chi connectivity index (χ4v) is 2.26. The predicted molar refractivity (Wildman–Crippen MR) is 57.3 cm³/mol. The van der Waals surface area contributed by atoms with Gasteiger partial charge in [-0.2, -0.15) is 5.26 Å². The van der Waals surface area contributed by atoms with Gasteiger partial charge in [0.2, 0.25) is 0 Å². The molecule has 1 atom stereocenters. The van der Waals surface area contributed by atoms with Gasteiger partial charge in [-0.05, 0) is 32.5 Å². The van der Waals surface area contributed by atoms with E-state index in [2.05, 4.69) is 23.3 Å². The minimum absolute atomic E-state index is 0.232. The summed E-state index contributed by atoms with van der Waals surface area (Å²) in [5.41, 5.74) is -0.232. The smallest absolute Gasteiger partial charge is 0.116 e. The molecular weight excluding hydrogens is 190 g/mol. The summed E-state index contributed by atoms with van der Waals surface area (Å²) in [6, 6.07) is 2.35. The van der Waals surface area contributed by atoms with E-state index in [9.17, 15) is 0 Å². The van der Waals surface area contributed by atoms with E-state index in [0.717, 1.165) is 19.0 Å². The van der Waals surface area contributed by atoms with E-state index in [1.807, 2.05) is 0 Å². The maximum absolute atomic E-state index is 8.99. The molecule has 0 aromatic heterocycles. The zero-order valence-electron chi connectivity index (χ0n) is 9.33. The number of nitrogens with zero attached hydrogens (tertiary/aromatic N) is 2. The lowest BCUT2D eigenvalue weighted by Crippen LogP contribution is -2.49. The first-order valence-corrected chi connectivity index (χ1v) is 5.62. The Kier molecular flexibility index (Phi) is 3.25. The molecule has 15 heavy (non-hydrogen) atoms. The van der Waals surface area contributed by atoms with Crippen molar-refractivity contribution in [1.82, 2.24) is 10.2 Å². The lowest BCUT2D eigenvalue weighted by Gasteiger charge is -2.35. The molecule has 0 bridgehead atoms. The van der Waals surface area contributed by atoms with Gasteiger partial charge in [0.15, 0.2) is 0 Å². The van der Waals surface area contributed by atoms with E-state index in [4.69, 9.17) is 10.00 Å². The standard InChI is InChI=1S/C11H19N3O/c1-14-3-2-10(5-14)4-13-7-11(6-12)8-15-9-11/h10,13H,2-5,7-9H2,1H3. The number of likely N-dealkylation sites (tertiary alicyclic amines) is 1. The maximum Gasteiger partial charge on any atom is 0.116 e. The Bertz CT molecular complexity index is 257. The van der Waals surface area contributed by atoms with Crippen molar-refractivity contribution in [2.24, 2.45) is 11.3 Å². The van der Waals surface area contributed by atoms with Crippen molar-refractivity contribution in [2.75, 3.05) is 46.4 Å². The molecule has 2 rings (SSSR count). The lowest BCUT2D eigenvalue weighted by atomic mass is 9.88. The Hall–Kier alpha value is -0.630. The zero-order valence-corrected chi connectivity index (χ0v) is 9.33. The molecule has 0 spiro atoms. The van der Waals surface area contributed by atoms with Crippen LogP contribution in [-0.2, 0) is 4.74 Å². The van der Waals surface area contributed by atoms with E-state index in [1.165, 1.54) is 19.5 Å². The molecule has 0 aromatic carbocycles. The first kappa shape index (κ1) is 10.9. The monoisotopic (exact) mass is 209 g/mol. The zero-order chi connectivity index (χ0) is 10.7. The molecule has 2 aliphatic heterocycles. The van der Waals surface area contributed by atoms with Crippen LogP contribution in [0.15, 0.2) is 0 Å². The molecule has 0 radical (unpaired) electrons. The molecule has 2 fully saturated rings. The molecule has 2 saturated heterocycles. The van der Waals surface area contributed by atoms with Crippen LogP contribution in [-0.4, -0.2) is 51.3 Å². The Labute approximate surface area is 91.2 Å². The predicted octanol–water partition coefficient (Wildman–Crippen LogP) is 0.0679. The summed E-state index contributed by atoms with van der Waals surface area (Å²) in [7, 11) is 2.16. The first-order valence-electron chi connectivity index (χ1n) is 5.62. The van der Waals surface area contributed by atoms with Crippen LogP contribution in [0.2, 0.25) is 0 Å². The number of rotatable bonds is 4. The van der Waals surface area contributed by atoms with Gasteiger partial charge in [0.25, 0.3) is 0 Å². The molecule has 84 valence electrons. The van der Waals surface area contributed by atoms with Crippen LogP contribution in [0, 0.1) is 22.7 Å². The topological polar surface area (TPSA) is 48.3 Å². The van der Waals surface area contributed by atoms with Crippen molar-refractivity contribution in [1.29, 1.82) is 5.26 Å². The molecule has 0 amide bonds. The third-order valence-electron chi connectivity index (χ3n) is 3.38. The summed E-state index contributed by atoms with van der Waals surface area (Å²) in [5, 5.41) is 12.4. The van der Waals surface area contributed by atoms with Crippen LogP contribution >= 0.6 is 0 Å². The van der Waals surface area contributed by atoms with Crippen LogP contribution in [0.5, 0.6) is 0 Å². The van der Waals surface area contributed by atoms with Crippen molar-refractivity contribution >= 4 is 0 Å². The maximum atomic E-state index is 8.99. The van der Waals surface area contributed by atoms with Crippen LogP contribution in [0.4, 0.5) is 0 Å². The number of nitriles is 1. The average molecular weight is 209 g/mol. The molecule has 0 aliphatic carbocycles. The van der Waals surface area contributed by atoms with Crippen molar-refractivity contribution in [2.45, 2.75) is 6.42 Å². The Balaban J connectivity index is 1.65. The minimum atomic E-state index is -0.232.